The van der Waals surface area contributed by atoms with Gasteiger partial charge >= 0.3 is 6.18 Å². The molecule has 32 heavy (non-hydrogen) atoms. The average Bonchev–Trinajstić information content (AvgIpc) is 3.14. The third kappa shape index (κ3) is 4.63. The summed E-state index contributed by atoms with van der Waals surface area (Å²) in [5.41, 5.74) is 7.94. The van der Waals surface area contributed by atoms with E-state index in [0.29, 0.717) is 17.7 Å². The van der Waals surface area contributed by atoms with E-state index in [1.165, 1.54) is 23.4 Å². The first-order valence-corrected chi connectivity index (χ1v) is 10.5. The Balaban J connectivity index is 1.57. The van der Waals surface area contributed by atoms with E-state index in [1.807, 2.05) is 30.3 Å². The van der Waals surface area contributed by atoms with Crippen LogP contribution in [0, 0.1) is 0 Å². The predicted molar refractivity (Wildman–Crippen MR) is 114 cm³/mol. The van der Waals surface area contributed by atoms with Crippen LogP contribution in [0.15, 0.2) is 48.8 Å². The van der Waals surface area contributed by atoms with E-state index in [9.17, 15) is 18.0 Å². The van der Waals surface area contributed by atoms with Gasteiger partial charge in [0.15, 0.2) is 0 Å². The number of carbonyl (C=O) groups excluding carboxylic acids is 1. The molecule has 0 fully saturated rings. The number of hydrogen-bond acceptors (Lipinski definition) is 4. The van der Waals surface area contributed by atoms with Gasteiger partial charge in [-0.15, -0.1) is 0 Å². The van der Waals surface area contributed by atoms with Crippen LogP contribution in [0.3, 0.4) is 0 Å². The number of imidazole rings is 1. The predicted octanol–water partition coefficient (Wildman–Crippen LogP) is 3.92. The van der Waals surface area contributed by atoms with E-state index >= 15 is 0 Å². The number of amides is 1. The first kappa shape index (κ1) is 22.3. The number of hydrogen-bond donors (Lipinski definition) is 1. The Morgan fingerprint density at radius 3 is 2.62 bits per heavy atom. The second-order valence-electron chi connectivity index (χ2n) is 7.70. The lowest BCUT2D eigenvalue weighted by molar-refractivity contribution is -0.148. The Hall–Kier alpha value is -2.91. The molecule has 0 unspecified atom stereocenters. The number of benzene rings is 1. The minimum absolute atomic E-state index is 0.00600. The maximum atomic E-state index is 13.6. The number of nitrogens with zero attached hydrogens (tertiary/aromatic N) is 4. The molecule has 1 aliphatic heterocycles. The third-order valence-corrected chi connectivity index (χ3v) is 5.72. The molecule has 0 saturated heterocycles. The first-order valence-electron chi connectivity index (χ1n) is 10.1. The molecule has 10 heteroatoms. The van der Waals surface area contributed by atoms with Crippen molar-refractivity contribution in [2.75, 3.05) is 6.54 Å². The summed E-state index contributed by atoms with van der Waals surface area (Å²) in [5, 5.41) is 0.190. The number of fused-ring (bicyclic) bond motifs is 1. The molecule has 0 bridgehead atoms. The van der Waals surface area contributed by atoms with Crippen molar-refractivity contribution in [2.24, 2.45) is 5.73 Å². The summed E-state index contributed by atoms with van der Waals surface area (Å²) in [5.74, 6) is -1.20. The fraction of sp³-hybridized carbons (Fsp3) is 0.318. The molecule has 2 N–H and O–H groups in total. The van der Waals surface area contributed by atoms with Crippen LogP contribution in [0.25, 0.3) is 11.3 Å². The highest BCUT2D eigenvalue weighted by Gasteiger charge is 2.41. The van der Waals surface area contributed by atoms with Gasteiger partial charge in [-0.05, 0) is 18.1 Å². The van der Waals surface area contributed by atoms with Crippen LogP contribution in [0.4, 0.5) is 13.2 Å². The molecule has 3 aromatic rings. The summed E-state index contributed by atoms with van der Waals surface area (Å²) >= 11 is 6.18. The van der Waals surface area contributed by atoms with Gasteiger partial charge in [-0.25, -0.2) is 4.98 Å². The zero-order valence-corrected chi connectivity index (χ0v) is 17.8. The maximum absolute atomic E-state index is 13.6. The summed E-state index contributed by atoms with van der Waals surface area (Å²) < 4.78 is 42.0. The Bertz CT molecular complexity index is 1120. The standard InChI is InChI=1S/C22H21ClF3N5O/c23-17-12-28-7-6-16(17)20-18-13-30(8-9-31(18)21(29-20)22(24,25)26)19(32)11-15(27)10-14-4-2-1-3-5-14/h1-7,12,15H,8-11,13,27H2/t15-/m1/s1. The minimum Gasteiger partial charge on any atom is -0.335 e. The van der Waals surface area contributed by atoms with Gasteiger partial charge < -0.3 is 15.2 Å². The molecule has 2 aromatic heterocycles. The van der Waals surface area contributed by atoms with Crippen LogP contribution >= 0.6 is 11.6 Å². The largest absolute Gasteiger partial charge is 0.449 e. The lowest BCUT2D eigenvalue weighted by Crippen LogP contribution is -2.41. The van der Waals surface area contributed by atoms with Crippen molar-refractivity contribution in [3.63, 3.8) is 0 Å². The van der Waals surface area contributed by atoms with E-state index in [-0.39, 0.29) is 42.7 Å². The molecule has 1 amide bonds. The van der Waals surface area contributed by atoms with Gasteiger partial charge in [0.05, 0.1) is 23.0 Å². The van der Waals surface area contributed by atoms with Gasteiger partial charge in [0.1, 0.15) is 0 Å². The average molecular weight is 464 g/mol. The Morgan fingerprint density at radius 1 is 1.19 bits per heavy atom. The lowest BCUT2D eigenvalue weighted by Gasteiger charge is -2.30. The second kappa shape index (κ2) is 8.91. The molecule has 1 atom stereocenters. The van der Waals surface area contributed by atoms with Crippen molar-refractivity contribution in [3.8, 4) is 11.3 Å². The summed E-state index contributed by atoms with van der Waals surface area (Å²) in [6.07, 6.45) is -1.20. The van der Waals surface area contributed by atoms with E-state index in [1.54, 1.807) is 0 Å². The van der Waals surface area contributed by atoms with Gasteiger partial charge in [-0.1, -0.05) is 41.9 Å². The van der Waals surface area contributed by atoms with Gasteiger partial charge in [0, 0.05) is 43.5 Å². The zero-order valence-electron chi connectivity index (χ0n) is 17.0. The maximum Gasteiger partial charge on any atom is 0.449 e. The highest BCUT2D eigenvalue weighted by Crippen LogP contribution is 2.37. The topological polar surface area (TPSA) is 77.0 Å². The van der Waals surface area contributed by atoms with Crippen molar-refractivity contribution in [2.45, 2.75) is 38.1 Å². The normalized spacial score (nSPS) is 14.8. The van der Waals surface area contributed by atoms with Crippen molar-refractivity contribution in [1.82, 2.24) is 19.4 Å². The summed E-state index contributed by atoms with van der Waals surface area (Å²) in [7, 11) is 0. The highest BCUT2D eigenvalue weighted by molar-refractivity contribution is 6.33. The highest BCUT2D eigenvalue weighted by atomic mass is 35.5. The Kier molecular flexibility index (Phi) is 6.21. The molecule has 0 radical (unpaired) electrons. The van der Waals surface area contributed by atoms with E-state index in [0.717, 1.165) is 10.1 Å². The minimum atomic E-state index is -4.63. The number of nitrogens with two attached hydrogens (primary N) is 1. The summed E-state index contributed by atoms with van der Waals surface area (Å²) in [6, 6.07) is 10.7. The summed E-state index contributed by atoms with van der Waals surface area (Å²) in [4.78, 5) is 22.2. The van der Waals surface area contributed by atoms with Crippen LogP contribution in [-0.2, 0) is 30.5 Å². The smallest absolute Gasteiger partial charge is 0.335 e. The molecule has 168 valence electrons. The zero-order chi connectivity index (χ0) is 22.9. The molecule has 1 aromatic carbocycles. The molecule has 4 rings (SSSR count). The fourth-order valence-electron chi connectivity index (χ4n) is 3.92. The quantitative estimate of drug-likeness (QED) is 0.622. The summed E-state index contributed by atoms with van der Waals surface area (Å²) in [6.45, 7) is 0.125. The van der Waals surface area contributed by atoms with Gasteiger partial charge in [0.2, 0.25) is 11.7 Å². The van der Waals surface area contributed by atoms with Crippen LogP contribution in [0.1, 0.15) is 23.5 Å². The molecule has 0 aliphatic carbocycles. The van der Waals surface area contributed by atoms with Crippen molar-refractivity contribution in [3.05, 3.63) is 70.9 Å². The molecular formula is C22H21ClF3N5O. The van der Waals surface area contributed by atoms with Crippen LogP contribution < -0.4 is 5.73 Å². The van der Waals surface area contributed by atoms with Gasteiger partial charge in [-0.2, -0.15) is 13.2 Å². The molecule has 0 saturated carbocycles. The van der Waals surface area contributed by atoms with Crippen molar-refractivity contribution < 1.29 is 18.0 Å². The van der Waals surface area contributed by atoms with Gasteiger partial charge in [-0.3, -0.25) is 9.78 Å². The Morgan fingerprint density at radius 2 is 1.94 bits per heavy atom. The molecular weight excluding hydrogens is 443 g/mol. The second-order valence-corrected chi connectivity index (χ2v) is 8.11. The first-order chi connectivity index (χ1) is 15.2. The van der Waals surface area contributed by atoms with E-state index in [2.05, 4.69) is 9.97 Å². The fourth-order valence-corrected chi connectivity index (χ4v) is 4.13. The lowest BCUT2D eigenvalue weighted by atomic mass is 10.0. The molecule has 6 nitrogen and oxygen atoms in total. The van der Waals surface area contributed by atoms with Crippen LogP contribution in [0.5, 0.6) is 0 Å². The number of aromatic nitrogens is 3. The number of pyridine rings is 1. The van der Waals surface area contributed by atoms with Crippen molar-refractivity contribution in [1.29, 1.82) is 0 Å². The number of halogens is 4. The van der Waals surface area contributed by atoms with Crippen LogP contribution in [0.2, 0.25) is 5.02 Å². The molecule has 3 heterocycles. The monoisotopic (exact) mass is 463 g/mol. The Labute approximate surface area is 187 Å². The van der Waals surface area contributed by atoms with Crippen molar-refractivity contribution >= 4 is 17.5 Å². The third-order valence-electron chi connectivity index (χ3n) is 5.42. The molecule has 1 aliphatic rings. The SMILES string of the molecule is N[C@@H](CC(=O)N1CCn2c(C(F)(F)F)nc(-c3ccncc3Cl)c2C1)Cc1ccccc1. The van der Waals surface area contributed by atoms with Crippen LogP contribution in [-0.4, -0.2) is 37.9 Å². The van der Waals surface area contributed by atoms with E-state index in [4.69, 9.17) is 17.3 Å². The number of carbonyl (C=O) groups is 1. The number of alkyl halides is 3. The molecule has 0 spiro atoms. The van der Waals surface area contributed by atoms with E-state index < -0.39 is 18.0 Å². The van der Waals surface area contributed by atoms with Gasteiger partial charge in [0.25, 0.3) is 0 Å². The number of rotatable bonds is 5.